The number of carbonyl (C=O) groups is 1. The van der Waals surface area contributed by atoms with Gasteiger partial charge in [-0.05, 0) is 41.0 Å². The summed E-state index contributed by atoms with van der Waals surface area (Å²) in [4.78, 5) is 11.0. The number of hydrogen-bond acceptors (Lipinski definition) is 2. The molecule has 0 aliphatic carbocycles. The molecule has 3 nitrogen and oxygen atoms in total. The largest absolute Gasteiger partial charge is 0.478 e. The van der Waals surface area contributed by atoms with Crippen molar-refractivity contribution in [3.05, 3.63) is 58.6 Å². The summed E-state index contributed by atoms with van der Waals surface area (Å²) >= 11 is 5.97. The van der Waals surface area contributed by atoms with Gasteiger partial charge >= 0.3 is 5.97 Å². The summed E-state index contributed by atoms with van der Waals surface area (Å²) in [6.07, 6.45) is 0. The zero-order chi connectivity index (χ0) is 13.8. The maximum Gasteiger partial charge on any atom is 0.335 e. The number of aromatic carboxylic acids is 1. The summed E-state index contributed by atoms with van der Waals surface area (Å²) in [5.41, 5.74) is 2.95. The molecular weight excluding hydrogens is 264 g/mol. The maximum absolute atomic E-state index is 11.0. The molecule has 0 heterocycles. The first kappa shape index (κ1) is 13.6. The highest BCUT2D eigenvalue weighted by molar-refractivity contribution is 6.30. The van der Waals surface area contributed by atoms with Crippen LogP contribution >= 0.6 is 11.6 Å². The first-order valence-electron chi connectivity index (χ1n) is 5.73. The van der Waals surface area contributed by atoms with Gasteiger partial charge in [-0.25, -0.2) is 4.79 Å². The molecule has 0 amide bonds. The van der Waals surface area contributed by atoms with E-state index in [2.05, 4.69) is 0 Å². The van der Waals surface area contributed by atoms with Crippen molar-refractivity contribution in [2.45, 2.75) is 6.61 Å². The Bertz CT molecular complexity index is 608. The Morgan fingerprint density at radius 2 is 2.05 bits per heavy atom. The molecule has 19 heavy (non-hydrogen) atoms. The van der Waals surface area contributed by atoms with Crippen molar-refractivity contribution < 1.29 is 14.6 Å². The minimum Gasteiger partial charge on any atom is -0.478 e. The number of methoxy groups -OCH3 is 1. The van der Waals surface area contributed by atoms with Crippen molar-refractivity contribution in [3.63, 3.8) is 0 Å². The molecule has 0 aliphatic heterocycles. The molecule has 0 radical (unpaired) electrons. The van der Waals surface area contributed by atoms with E-state index in [9.17, 15) is 4.79 Å². The van der Waals surface area contributed by atoms with E-state index in [-0.39, 0.29) is 5.56 Å². The average molecular weight is 277 g/mol. The summed E-state index contributed by atoms with van der Waals surface area (Å²) in [5, 5.41) is 9.66. The molecule has 0 spiro atoms. The van der Waals surface area contributed by atoms with Crippen molar-refractivity contribution in [2.24, 2.45) is 0 Å². The molecule has 2 aromatic carbocycles. The number of benzene rings is 2. The molecule has 0 saturated heterocycles. The molecule has 0 bridgehead atoms. The van der Waals surface area contributed by atoms with E-state index < -0.39 is 5.97 Å². The highest BCUT2D eigenvalue weighted by Crippen LogP contribution is 2.27. The number of carboxylic acids is 1. The summed E-state index contributed by atoms with van der Waals surface area (Å²) in [5.74, 6) is -0.941. The monoisotopic (exact) mass is 276 g/mol. The number of halogens is 1. The van der Waals surface area contributed by atoms with Crippen LogP contribution in [-0.4, -0.2) is 18.2 Å². The minimum absolute atomic E-state index is 0.260. The van der Waals surface area contributed by atoms with Gasteiger partial charge in [0, 0.05) is 12.1 Å². The van der Waals surface area contributed by atoms with Crippen molar-refractivity contribution in [3.8, 4) is 11.1 Å². The molecule has 0 unspecified atom stereocenters. The molecule has 98 valence electrons. The van der Waals surface area contributed by atoms with E-state index in [1.807, 2.05) is 18.2 Å². The van der Waals surface area contributed by atoms with Crippen LogP contribution in [0.15, 0.2) is 42.5 Å². The number of ether oxygens (including phenoxy) is 1. The lowest BCUT2D eigenvalue weighted by Crippen LogP contribution is -1.97. The van der Waals surface area contributed by atoms with Crippen molar-refractivity contribution in [1.29, 1.82) is 0 Å². The van der Waals surface area contributed by atoms with Crippen LogP contribution in [0, 0.1) is 0 Å². The smallest absolute Gasteiger partial charge is 0.335 e. The molecule has 2 rings (SSSR count). The number of carboxylic acid groups (broad SMARTS) is 1. The second-order valence-electron chi connectivity index (χ2n) is 4.12. The third kappa shape index (κ3) is 3.13. The standard InChI is InChI=1S/C15H13ClO3/c1-19-9-12-8-13(16)5-6-14(12)10-3-2-4-11(7-10)15(17)18/h2-8H,9H2,1H3,(H,17,18). The lowest BCUT2D eigenvalue weighted by Gasteiger charge is -2.10. The van der Waals surface area contributed by atoms with Crippen LogP contribution in [0.1, 0.15) is 15.9 Å². The Kier molecular flexibility index (Phi) is 4.20. The Labute approximate surface area is 116 Å². The van der Waals surface area contributed by atoms with Gasteiger partial charge in [0.15, 0.2) is 0 Å². The fraction of sp³-hybridized carbons (Fsp3) is 0.133. The van der Waals surface area contributed by atoms with Gasteiger partial charge < -0.3 is 9.84 Å². The topological polar surface area (TPSA) is 46.5 Å². The van der Waals surface area contributed by atoms with Gasteiger partial charge in [0.25, 0.3) is 0 Å². The van der Waals surface area contributed by atoms with Crippen LogP contribution in [0.4, 0.5) is 0 Å². The van der Waals surface area contributed by atoms with Gasteiger partial charge in [0.1, 0.15) is 0 Å². The van der Waals surface area contributed by atoms with Gasteiger partial charge in [-0.3, -0.25) is 0 Å². The Morgan fingerprint density at radius 3 is 2.74 bits per heavy atom. The lowest BCUT2D eigenvalue weighted by molar-refractivity contribution is 0.0697. The van der Waals surface area contributed by atoms with Crippen LogP contribution in [-0.2, 0) is 11.3 Å². The zero-order valence-corrected chi connectivity index (χ0v) is 11.1. The first-order chi connectivity index (χ1) is 9.11. The van der Waals surface area contributed by atoms with Crippen LogP contribution in [0.25, 0.3) is 11.1 Å². The molecule has 0 saturated carbocycles. The van der Waals surface area contributed by atoms with Gasteiger partial charge in [0.05, 0.1) is 12.2 Å². The highest BCUT2D eigenvalue weighted by Gasteiger charge is 2.09. The predicted octanol–water partition coefficient (Wildman–Crippen LogP) is 3.85. The Hall–Kier alpha value is -1.84. The van der Waals surface area contributed by atoms with Crippen LogP contribution < -0.4 is 0 Å². The summed E-state index contributed by atoms with van der Waals surface area (Å²) < 4.78 is 5.15. The van der Waals surface area contributed by atoms with E-state index in [1.54, 1.807) is 31.4 Å². The summed E-state index contributed by atoms with van der Waals surface area (Å²) in [6.45, 7) is 0.424. The van der Waals surface area contributed by atoms with Crippen molar-refractivity contribution in [2.75, 3.05) is 7.11 Å². The van der Waals surface area contributed by atoms with E-state index in [4.69, 9.17) is 21.4 Å². The SMILES string of the molecule is COCc1cc(Cl)ccc1-c1cccc(C(=O)O)c1. The highest BCUT2D eigenvalue weighted by atomic mass is 35.5. The van der Waals surface area contributed by atoms with Crippen molar-refractivity contribution in [1.82, 2.24) is 0 Å². The molecular formula is C15H13ClO3. The van der Waals surface area contributed by atoms with Crippen LogP contribution in [0.3, 0.4) is 0 Å². The lowest BCUT2D eigenvalue weighted by atomic mass is 9.98. The third-order valence-electron chi connectivity index (χ3n) is 2.79. The quantitative estimate of drug-likeness (QED) is 0.922. The van der Waals surface area contributed by atoms with Crippen LogP contribution in [0.5, 0.6) is 0 Å². The molecule has 0 fully saturated rings. The Morgan fingerprint density at radius 1 is 1.26 bits per heavy atom. The number of hydrogen-bond donors (Lipinski definition) is 1. The second kappa shape index (κ2) is 5.87. The fourth-order valence-corrected chi connectivity index (χ4v) is 2.13. The fourth-order valence-electron chi connectivity index (χ4n) is 1.94. The zero-order valence-electron chi connectivity index (χ0n) is 10.4. The van der Waals surface area contributed by atoms with E-state index in [1.165, 1.54) is 0 Å². The van der Waals surface area contributed by atoms with E-state index >= 15 is 0 Å². The molecule has 1 N–H and O–H groups in total. The second-order valence-corrected chi connectivity index (χ2v) is 4.56. The minimum atomic E-state index is -0.941. The van der Waals surface area contributed by atoms with E-state index in [0.717, 1.165) is 16.7 Å². The predicted molar refractivity (Wildman–Crippen MR) is 74.6 cm³/mol. The van der Waals surface area contributed by atoms with Crippen molar-refractivity contribution >= 4 is 17.6 Å². The van der Waals surface area contributed by atoms with Gasteiger partial charge in [0.2, 0.25) is 0 Å². The van der Waals surface area contributed by atoms with Gasteiger partial charge in [-0.2, -0.15) is 0 Å². The normalized spacial score (nSPS) is 10.4. The molecule has 0 atom stereocenters. The average Bonchev–Trinajstić information content (AvgIpc) is 2.39. The molecule has 0 aliphatic rings. The van der Waals surface area contributed by atoms with Crippen LogP contribution in [0.2, 0.25) is 5.02 Å². The summed E-state index contributed by atoms with van der Waals surface area (Å²) in [6, 6.07) is 12.3. The molecule has 2 aromatic rings. The maximum atomic E-state index is 11.0. The summed E-state index contributed by atoms with van der Waals surface area (Å²) in [7, 11) is 1.61. The number of rotatable bonds is 4. The molecule has 0 aromatic heterocycles. The third-order valence-corrected chi connectivity index (χ3v) is 3.02. The first-order valence-corrected chi connectivity index (χ1v) is 6.10. The molecule has 4 heteroatoms. The van der Waals surface area contributed by atoms with Gasteiger partial charge in [-0.1, -0.05) is 29.8 Å². The Balaban J connectivity index is 2.51. The van der Waals surface area contributed by atoms with E-state index in [0.29, 0.717) is 11.6 Å². The van der Waals surface area contributed by atoms with Gasteiger partial charge in [-0.15, -0.1) is 0 Å².